The van der Waals surface area contributed by atoms with Crippen LogP contribution in [-0.4, -0.2) is 42.8 Å². The van der Waals surface area contributed by atoms with Crippen LogP contribution in [0.4, 0.5) is 5.69 Å². The fourth-order valence-electron chi connectivity index (χ4n) is 2.70. The molecule has 29 heavy (non-hydrogen) atoms. The van der Waals surface area contributed by atoms with E-state index in [2.05, 4.69) is 36.5 Å². The lowest BCUT2D eigenvalue weighted by Crippen LogP contribution is -2.14. The summed E-state index contributed by atoms with van der Waals surface area (Å²) in [5.74, 6) is 1.37. The number of hydrogen-bond donors (Lipinski definition) is 1. The first-order chi connectivity index (χ1) is 14.0. The largest absolute Gasteiger partial charge is 0.476 e. The van der Waals surface area contributed by atoms with Crippen molar-refractivity contribution in [2.45, 2.75) is 39.0 Å². The number of aromatic nitrogens is 5. The molecule has 0 bridgehead atoms. The molecule has 0 aliphatic heterocycles. The highest BCUT2D eigenvalue weighted by molar-refractivity contribution is 9.10. The summed E-state index contributed by atoms with van der Waals surface area (Å²) in [6, 6.07) is 7.46. The lowest BCUT2D eigenvalue weighted by molar-refractivity contribution is -0.113. The van der Waals surface area contributed by atoms with Gasteiger partial charge in [-0.05, 0) is 45.0 Å². The molecule has 0 aliphatic rings. The van der Waals surface area contributed by atoms with E-state index in [-0.39, 0.29) is 11.7 Å². The van der Waals surface area contributed by atoms with Gasteiger partial charge in [0.1, 0.15) is 5.56 Å². The fourth-order valence-corrected chi connectivity index (χ4v) is 3.77. The average molecular weight is 479 g/mol. The van der Waals surface area contributed by atoms with Gasteiger partial charge in [0.25, 0.3) is 0 Å². The summed E-state index contributed by atoms with van der Waals surface area (Å²) in [5, 5.41) is 16.6. The highest BCUT2D eigenvalue weighted by Crippen LogP contribution is 2.30. The van der Waals surface area contributed by atoms with Gasteiger partial charge in [0.05, 0.1) is 12.4 Å². The summed E-state index contributed by atoms with van der Waals surface area (Å²) in [7, 11) is 0. The van der Waals surface area contributed by atoms with Crippen LogP contribution in [0.1, 0.15) is 20.8 Å². The Kier molecular flexibility index (Phi) is 7.32. The molecular formula is C19H23BrN6O2S. The zero-order chi connectivity index (χ0) is 20.8. The van der Waals surface area contributed by atoms with E-state index in [1.807, 2.05) is 60.5 Å². The van der Waals surface area contributed by atoms with E-state index < -0.39 is 0 Å². The first kappa shape index (κ1) is 21.4. The highest BCUT2D eigenvalue weighted by atomic mass is 79.9. The van der Waals surface area contributed by atoms with Crippen LogP contribution in [0.5, 0.6) is 5.88 Å². The van der Waals surface area contributed by atoms with Crippen molar-refractivity contribution >= 4 is 39.3 Å². The van der Waals surface area contributed by atoms with Crippen molar-refractivity contribution in [1.82, 2.24) is 24.5 Å². The fraction of sp³-hybridized carbons (Fsp3) is 0.368. The SMILES string of the molecule is CCOc1nn(CC)cc1-c1nnc(SCC(=O)Nc2ccc(Br)cc2)n1CC. The molecule has 3 rings (SSSR count). The van der Waals surface area contributed by atoms with Crippen LogP contribution in [-0.2, 0) is 17.9 Å². The average Bonchev–Trinajstić information content (AvgIpc) is 3.31. The van der Waals surface area contributed by atoms with Crippen molar-refractivity contribution < 1.29 is 9.53 Å². The van der Waals surface area contributed by atoms with Crippen LogP contribution in [0.3, 0.4) is 0 Å². The zero-order valence-electron chi connectivity index (χ0n) is 16.6. The number of carbonyl (C=O) groups excluding carboxylic acids is 1. The molecule has 1 N–H and O–H groups in total. The minimum absolute atomic E-state index is 0.0988. The first-order valence-electron chi connectivity index (χ1n) is 9.37. The number of aryl methyl sites for hydroxylation is 1. The van der Waals surface area contributed by atoms with Crippen molar-refractivity contribution in [2.75, 3.05) is 17.7 Å². The van der Waals surface area contributed by atoms with E-state index in [0.29, 0.717) is 30.0 Å². The number of carbonyl (C=O) groups is 1. The maximum Gasteiger partial charge on any atom is 0.243 e. The molecule has 3 aromatic rings. The second kappa shape index (κ2) is 9.93. The summed E-state index contributed by atoms with van der Waals surface area (Å²) in [5.41, 5.74) is 1.55. The summed E-state index contributed by atoms with van der Waals surface area (Å²) in [6.45, 7) is 7.88. The molecule has 1 aromatic carbocycles. The Bertz CT molecular complexity index is 970. The molecule has 0 unspecified atom stereocenters. The molecule has 10 heteroatoms. The van der Waals surface area contributed by atoms with Crippen LogP contribution in [0.15, 0.2) is 40.1 Å². The van der Waals surface area contributed by atoms with E-state index in [1.165, 1.54) is 11.8 Å². The summed E-state index contributed by atoms with van der Waals surface area (Å²) >= 11 is 4.73. The molecule has 2 heterocycles. The smallest absolute Gasteiger partial charge is 0.243 e. The van der Waals surface area contributed by atoms with E-state index in [0.717, 1.165) is 22.3 Å². The van der Waals surface area contributed by atoms with Gasteiger partial charge >= 0.3 is 0 Å². The van der Waals surface area contributed by atoms with Crippen molar-refractivity contribution in [1.29, 1.82) is 0 Å². The number of rotatable bonds is 9. The number of nitrogens with zero attached hydrogens (tertiary/aromatic N) is 5. The summed E-state index contributed by atoms with van der Waals surface area (Å²) in [6.07, 6.45) is 1.91. The Morgan fingerprint density at radius 1 is 1.17 bits per heavy atom. The Morgan fingerprint density at radius 2 is 1.93 bits per heavy atom. The van der Waals surface area contributed by atoms with Crippen molar-refractivity contribution in [3.8, 4) is 17.3 Å². The number of ether oxygens (including phenoxy) is 1. The third-order valence-electron chi connectivity index (χ3n) is 4.07. The number of thioether (sulfide) groups is 1. The molecule has 0 spiro atoms. The van der Waals surface area contributed by atoms with Gasteiger partial charge in [-0.3, -0.25) is 9.48 Å². The molecule has 0 fully saturated rings. The van der Waals surface area contributed by atoms with Crippen molar-refractivity contribution in [3.63, 3.8) is 0 Å². The zero-order valence-corrected chi connectivity index (χ0v) is 19.0. The van der Waals surface area contributed by atoms with Gasteiger partial charge in [-0.25, -0.2) is 0 Å². The minimum atomic E-state index is -0.0988. The third kappa shape index (κ3) is 5.18. The van der Waals surface area contributed by atoms with Crippen molar-refractivity contribution in [3.05, 3.63) is 34.9 Å². The van der Waals surface area contributed by atoms with E-state index in [1.54, 1.807) is 0 Å². The van der Waals surface area contributed by atoms with Gasteiger partial charge in [-0.1, -0.05) is 27.7 Å². The lowest BCUT2D eigenvalue weighted by atomic mass is 10.3. The van der Waals surface area contributed by atoms with E-state index in [4.69, 9.17) is 4.74 Å². The van der Waals surface area contributed by atoms with E-state index >= 15 is 0 Å². The van der Waals surface area contributed by atoms with Gasteiger partial charge in [0.2, 0.25) is 11.8 Å². The number of amides is 1. The van der Waals surface area contributed by atoms with Crippen molar-refractivity contribution in [2.24, 2.45) is 0 Å². The number of anilines is 1. The Hall–Kier alpha value is -2.33. The molecule has 154 valence electrons. The lowest BCUT2D eigenvalue weighted by Gasteiger charge is -2.08. The predicted molar refractivity (Wildman–Crippen MR) is 117 cm³/mol. The van der Waals surface area contributed by atoms with Gasteiger partial charge < -0.3 is 14.6 Å². The van der Waals surface area contributed by atoms with E-state index in [9.17, 15) is 4.79 Å². The molecule has 8 nitrogen and oxygen atoms in total. The quantitative estimate of drug-likeness (QED) is 0.466. The van der Waals surface area contributed by atoms with Crippen LogP contribution in [0.2, 0.25) is 0 Å². The monoisotopic (exact) mass is 478 g/mol. The molecular weight excluding hydrogens is 456 g/mol. The maximum atomic E-state index is 12.3. The molecule has 0 saturated carbocycles. The Balaban J connectivity index is 1.73. The van der Waals surface area contributed by atoms with Crippen LogP contribution >= 0.6 is 27.7 Å². The number of benzene rings is 1. The van der Waals surface area contributed by atoms with Gasteiger partial charge in [-0.2, -0.15) is 0 Å². The minimum Gasteiger partial charge on any atom is -0.476 e. The predicted octanol–water partition coefficient (Wildman–Crippen LogP) is 4.07. The topological polar surface area (TPSA) is 86.9 Å². The summed E-state index contributed by atoms with van der Waals surface area (Å²) < 4.78 is 10.4. The molecule has 2 aromatic heterocycles. The van der Waals surface area contributed by atoms with Crippen LogP contribution < -0.4 is 10.1 Å². The standard InChI is InChI=1S/C19H23BrN6O2S/c1-4-25-11-15(18(24-25)28-6-3)17-22-23-19(26(17)5-2)29-12-16(27)21-14-9-7-13(20)8-10-14/h7-11H,4-6,12H2,1-3H3,(H,21,27). The van der Waals surface area contributed by atoms with Gasteiger partial charge in [0, 0.05) is 29.4 Å². The molecule has 0 radical (unpaired) electrons. The van der Waals surface area contributed by atoms with Gasteiger partial charge in [-0.15, -0.1) is 15.3 Å². The Labute approximate surface area is 182 Å². The van der Waals surface area contributed by atoms with Crippen LogP contribution in [0, 0.1) is 0 Å². The Morgan fingerprint density at radius 3 is 2.59 bits per heavy atom. The third-order valence-corrected chi connectivity index (χ3v) is 5.56. The maximum absolute atomic E-state index is 12.3. The highest BCUT2D eigenvalue weighted by Gasteiger charge is 2.20. The number of hydrogen-bond acceptors (Lipinski definition) is 6. The second-order valence-electron chi connectivity index (χ2n) is 6.03. The molecule has 0 saturated heterocycles. The molecule has 1 amide bonds. The molecule has 0 aliphatic carbocycles. The normalized spacial score (nSPS) is 10.9. The number of nitrogens with one attached hydrogen (secondary N) is 1. The van der Waals surface area contributed by atoms with Gasteiger partial charge in [0.15, 0.2) is 11.0 Å². The molecule has 0 atom stereocenters. The van der Waals surface area contributed by atoms with Crippen LogP contribution in [0.25, 0.3) is 11.4 Å². The summed E-state index contributed by atoms with van der Waals surface area (Å²) in [4.78, 5) is 12.3. The second-order valence-corrected chi connectivity index (χ2v) is 7.89. The number of halogens is 1. The first-order valence-corrected chi connectivity index (χ1v) is 11.2.